The Morgan fingerprint density at radius 3 is 2.86 bits per heavy atom. The van der Waals surface area contributed by atoms with E-state index in [1.165, 1.54) is 12.1 Å². The highest BCUT2D eigenvalue weighted by atomic mass is 16.5. The van der Waals surface area contributed by atoms with E-state index in [4.69, 9.17) is 4.74 Å². The molecule has 1 aliphatic rings. The number of phenols is 2. The van der Waals surface area contributed by atoms with Crippen LogP contribution in [0.15, 0.2) is 12.1 Å². The first kappa shape index (κ1) is 8.87. The van der Waals surface area contributed by atoms with Crippen molar-refractivity contribution < 1.29 is 19.7 Å². The molecule has 1 heterocycles. The largest absolute Gasteiger partial charge is 0.508 e. The summed E-state index contributed by atoms with van der Waals surface area (Å²) in [7, 11) is 0. The van der Waals surface area contributed by atoms with E-state index >= 15 is 0 Å². The second kappa shape index (κ2) is 2.90. The molecule has 1 aromatic rings. The maximum Gasteiger partial charge on any atom is 0.310 e. The van der Waals surface area contributed by atoms with Crippen LogP contribution < -0.4 is 0 Å². The van der Waals surface area contributed by atoms with Crippen molar-refractivity contribution in [3.63, 3.8) is 0 Å². The summed E-state index contributed by atoms with van der Waals surface area (Å²) in [6.07, 6.45) is -0.353. The molecule has 0 fully saturated rings. The molecule has 74 valence electrons. The van der Waals surface area contributed by atoms with Crippen LogP contribution in [0.5, 0.6) is 11.5 Å². The molecule has 14 heavy (non-hydrogen) atoms. The molecule has 0 saturated carbocycles. The first-order valence-electron chi connectivity index (χ1n) is 4.32. The predicted octanol–water partition coefficient (Wildman–Crippen LogP) is 1.26. The lowest BCUT2D eigenvalue weighted by molar-refractivity contribution is -0.149. The third-order valence-electron chi connectivity index (χ3n) is 2.28. The van der Waals surface area contributed by atoms with Crippen LogP contribution in [-0.2, 0) is 16.0 Å². The van der Waals surface area contributed by atoms with Crippen LogP contribution in [0.25, 0.3) is 0 Å². The van der Waals surface area contributed by atoms with Gasteiger partial charge in [-0.3, -0.25) is 4.79 Å². The number of cyclic esters (lactones) is 1. The number of carbonyl (C=O) groups is 1. The Kier molecular flexibility index (Phi) is 1.84. The van der Waals surface area contributed by atoms with Gasteiger partial charge in [-0.05, 0) is 18.6 Å². The molecule has 1 aliphatic heterocycles. The topological polar surface area (TPSA) is 66.8 Å². The van der Waals surface area contributed by atoms with Crippen LogP contribution in [0, 0.1) is 0 Å². The Morgan fingerprint density at radius 2 is 2.14 bits per heavy atom. The minimum Gasteiger partial charge on any atom is -0.508 e. The van der Waals surface area contributed by atoms with E-state index in [1.807, 2.05) is 0 Å². The monoisotopic (exact) mass is 194 g/mol. The van der Waals surface area contributed by atoms with Gasteiger partial charge in [0.25, 0.3) is 0 Å². The van der Waals surface area contributed by atoms with E-state index in [0.717, 1.165) is 0 Å². The molecule has 4 nitrogen and oxygen atoms in total. The van der Waals surface area contributed by atoms with Crippen LogP contribution in [0.4, 0.5) is 0 Å². The fourth-order valence-electron chi connectivity index (χ4n) is 1.75. The molecule has 2 N–H and O–H groups in total. The fourth-order valence-corrected chi connectivity index (χ4v) is 1.75. The smallest absolute Gasteiger partial charge is 0.310 e. The van der Waals surface area contributed by atoms with E-state index in [2.05, 4.69) is 0 Å². The third-order valence-corrected chi connectivity index (χ3v) is 2.28. The number of ether oxygens (including phenoxy) is 1. The zero-order valence-corrected chi connectivity index (χ0v) is 7.65. The Bertz CT molecular complexity index is 397. The average molecular weight is 194 g/mol. The van der Waals surface area contributed by atoms with Crippen LogP contribution in [0.1, 0.15) is 24.2 Å². The molecule has 1 atom stereocenters. The molecule has 0 bridgehead atoms. The van der Waals surface area contributed by atoms with Crippen molar-refractivity contribution in [2.45, 2.75) is 19.4 Å². The van der Waals surface area contributed by atoms with Gasteiger partial charge in [-0.2, -0.15) is 0 Å². The van der Waals surface area contributed by atoms with E-state index < -0.39 is 6.10 Å². The molecule has 0 unspecified atom stereocenters. The number of phenolic OH excluding ortho intramolecular Hbond substituents is 2. The minimum absolute atomic E-state index is 0.0278. The summed E-state index contributed by atoms with van der Waals surface area (Å²) in [6.45, 7) is 1.69. The Morgan fingerprint density at radius 1 is 1.43 bits per heavy atom. The molecule has 2 rings (SSSR count). The van der Waals surface area contributed by atoms with Crippen molar-refractivity contribution in [1.29, 1.82) is 0 Å². The van der Waals surface area contributed by atoms with Crippen LogP contribution in [0.2, 0.25) is 0 Å². The van der Waals surface area contributed by atoms with Crippen LogP contribution in [0.3, 0.4) is 0 Å². The molecule has 0 radical (unpaired) electrons. The van der Waals surface area contributed by atoms with Crippen molar-refractivity contribution in [3.05, 3.63) is 23.3 Å². The first-order valence-corrected chi connectivity index (χ1v) is 4.32. The Balaban J connectivity index is 2.58. The van der Waals surface area contributed by atoms with E-state index in [-0.39, 0.29) is 23.9 Å². The van der Waals surface area contributed by atoms with Crippen LogP contribution >= 0.6 is 0 Å². The SMILES string of the molecule is C[C@@H]1OC(=O)Cc2cc(O)cc(O)c21. The summed E-state index contributed by atoms with van der Waals surface area (Å²) in [5.41, 5.74) is 1.22. The molecular weight excluding hydrogens is 184 g/mol. The number of carbonyl (C=O) groups excluding carboxylic acids is 1. The number of hydrogen-bond donors (Lipinski definition) is 2. The number of benzene rings is 1. The molecule has 0 spiro atoms. The lowest BCUT2D eigenvalue weighted by Crippen LogP contribution is -2.19. The maximum atomic E-state index is 11.1. The number of rotatable bonds is 0. The van der Waals surface area contributed by atoms with Gasteiger partial charge >= 0.3 is 5.97 Å². The highest BCUT2D eigenvalue weighted by molar-refractivity contribution is 5.76. The summed E-state index contributed by atoms with van der Waals surface area (Å²) >= 11 is 0. The Labute approximate surface area is 80.7 Å². The second-order valence-electron chi connectivity index (χ2n) is 3.35. The minimum atomic E-state index is -0.452. The number of fused-ring (bicyclic) bond motifs is 1. The molecule has 4 heteroatoms. The molecule has 0 aliphatic carbocycles. The van der Waals surface area contributed by atoms with Gasteiger partial charge in [-0.1, -0.05) is 0 Å². The van der Waals surface area contributed by atoms with Gasteiger partial charge in [0.15, 0.2) is 0 Å². The normalized spacial score (nSPS) is 20.1. The number of hydrogen-bond acceptors (Lipinski definition) is 4. The third kappa shape index (κ3) is 1.28. The van der Waals surface area contributed by atoms with Gasteiger partial charge in [0.2, 0.25) is 0 Å². The molecule has 0 aromatic heterocycles. The van der Waals surface area contributed by atoms with Crippen molar-refractivity contribution in [2.75, 3.05) is 0 Å². The van der Waals surface area contributed by atoms with E-state index in [9.17, 15) is 15.0 Å². The number of esters is 1. The second-order valence-corrected chi connectivity index (χ2v) is 3.35. The molecule has 1 aromatic carbocycles. The zero-order chi connectivity index (χ0) is 10.3. The van der Waals surface area contributed by atoms with Crippen molar-refractivity contribution in [2.24, 2.45) is 0 Å². The van der Waals surface area contributed by atoms with Gasteiger partial charge in [0.1, 0.15) is 17.6 Å². The predicted molar refractivity (Wildman–Crippen MR) is 48.0 cm³/mol. The van der Waals surface area contributed by atoms with Crippen LogP contribution in [-0.4, -0.2) is 16.2 Å². The highest BCUT2D eigenvalue weighted by Gasteiger charge is 2.26. The lowest BCUT2D eigenvalue weighted by atomic mass is 9.97. The summed E-state index contributed by atoms with van der Waals surface area (Å²) in [6, 6.07) is 2.72. The summed E-state index contributed by atoms with van der Waals surface area (Å²) in [5, 5.41) is 18.8. The van der Waals surface area contributed by atoms with Crippen molar-refractivity contribution in [3.8, 4) is 11.5 Å². The molecular formula is C10H10O4. The van der Waals surface area contributed by atoms with E-state index in [1.54, 1.807) is 6.92 Å². The first-order chi connectivity index (χ1) is 6.58. The van der Waals surface area contributed by atoms with Gasteiger partial charge in [-0.15, -0.1) is 0 Å². The standard InChI is InChI=1S/C10H10O4/c1-5-10-6(3-9(13)14-5)2-7(11)4-8(10)12/h2,4-5,11-12H,3H2,1H3/t5-/m0/s1. The van der Waals surface area contributed by atoms with Crippen molar-refractivity contribution in [1.82, 2.24) is 0 Å². The zero-order valence-electron chi connectivity index (χ0n) is 7.65. The molecule has 0 saturated heterocycles. The molecule has 0 amide bonds. The highest BCUT2D eigenvalue weighted by Crippen LogP contribution is 2.36. The summed E-state index contributed by atoms with van der Waals surface area (Å²) in [4.78, 5) is 11.1. The number of aromatic hydroxyl groups is 2. The fraction of sp³-hybridized carbons (Fsp3) is 0.300. The van der Waals surface area contributed by atoms with Gasteiger partial charge < -0.3 is 14.9 Å². The van der Waals surface area contributed by atoms with Gasteiger partial charge in [0.05, 0.1) is 6.42 Å². The quantitative estimate of drug-likeness (QED) is 0.610. The summed E-state index contributed by atoms with van der Waals surface area (Å²) in [5.74, 6) is -0.404. The van der Waals surface area contributed by atoms with Gasteiger partial charge in [0, 0.05) is 11.6 Å². The van der Waals surface area contributed by atoms with Crippen molar-refractivity contribution >= 4 is 5.97 Å². The van der Waals surface area contributed by atoms with E-state index in [0.29, 0.717) is 11.1 Å². The lowest BCUT2D eigenvalue weighted by Gasteiger charge is -2.23. The summed E-state index contributed by atoms with van der Waals surface area (Å²) < 4.78 is 4.95. The maximum absolute atomic E-state index is 11.1. The van der Waals surface area contributed by atoms with Gasteiger partial charge in [-0.25, -0.2) is 0 Å². The average Bonchev–Trinajstić information content (AvgIpc) is 1.99. The Hall–Kier alpha value is -1.71.